The minimum atomic E-state index is -1.07. The van der Waals surface area contributed by atoms with Crippen molar-refractivity contribution in [3.05, 3.63) is 93.8 Å². The van der Waals surface area contributed by atoms with Gasteiger partial charge in [0.1, 0.15) is 17.4 Å². The van der Waals surface area contributed by atoms with Gasteiger partial charge in [0, 0.05) is 52.4 Å². The summed E-state index contributed by atoms with van der Waals surface area (Å²) in [7, 11) is 0. The predicted octanol–water partition coefficient (Wildman–Crippen LogP) is 6.00. The number of rotatable bonds is 9. The van der Waals surface area contributed by atoms with Gasteiger partial charge in [0.15, 0.2) is 0 Å². The molecule has 4 aromatic rings. The van der Waals surface area contributed by atoms with Crippen LogP contribution in [0.15, 0.2) is 70.8 Å². The number of likely N-dealkylation sites (tertiary alicyclic amines) is 2. The predicted molar refractivity (Wildman–Crippen MR) is 179 cm³/mol. The van der Waals surface area contributed by atoms with E-state index in [9.17, 15) is 19.1 Å². The molecule has 248 valence electrons. The molecule has 2 aromatic heterocycles. The number of aliphatic hydroxyl groups is 1. The maximum Gasteiger partial charge on any atom is 0.254 e. The lowest BCUT2D eigenvalue weighted by Gasteiger charge is -2.41. The number of oxazole rings is 1. The Morgan fingerprint density at radius 3 is 2.62 bits per heavy atom. The zero-order chi connectivity index (χ0) is 33.3. The van der Waals surface area contributed by atoms with E-state index in [1.54, 1.807) is 29.5 Å². The first-order valence-electron chi connectivity index (χ1n) is 16.2. The van der Waals surface area contributed by atoms with Crippen molar-refractivity contribution in [3.63, 3.8) is 0 Å². The van der Waals surface area contributed by atoms with E-state index in [2.05, 4.69) is 15.3 Å². The minimum Gasteiger partial charge on any atom is -0.445 e. The SMILES string of the molecule is Cc1csc(C2CCCN2C(=O)c2cc(C(=O)N[C@@H](Cc3ccccc3)[C@H](O)[C@H]3C[C@H](F)CN3C(C)(C)C)cc(-c3ncco3)c2)n1. The molecule has 0 spiro atoms. The van der Waals surface area contributed by atoms with Gasteiger partial charge in [-0.25, -0.2) is 14.4 Å². The van der Waals surface area contributed by atoms with Gasteiger partial charge in [-0.15, -0.1) is 11.3 Å². The van der Waals surface area contributed by atoms with Crippen molar-refractivity contribution >= 4 is 23.2 Å². The Morgan fingerprint density at radius 2 is 1.94 bits per heavy atom. The Morgan fingerprint density at radius 1 is 1.17 bits per heavy atom. The molecule has 1 unspecified atom stereocenters. The maximum absolute atomic E-state index is 14.8. The average Bonchev–Trinajstić information content (AvgIpc) is 3.87. The highest BCUT2D eigenvalue weighted by atomic mass is 32.1. The number of hydrogen-bond acceptors (Lipinski definition) is 8. The Balaban J connectivity index is 1.32. The second kappa shape index (κ2) is 13.7. The number of halogens is 1. The smallest absolute Gasteiger partial charge is 0.254 e. The Labute approximate surface area is 278 Å². The van der Waals surface area contributed by atoms with Gasteiger partial charge in [-0.3, -0.25) is 14.5 Å². The summed E-state index contributed by atoms with van der Waals surface area (Å²) < 4.78 is 20.4. The van der Waals surface area contributed by atoms with Crippen LogP contribution in [0.4, 0.5) is 4.39 Å². The van der Waals surface area contributed by atoms with E-state index in [4.69, 9.17) is 4.42 Å². The van der Waals surface area contributed by atoms with Gasteiger partial charge in [0.2, 0.25) is 5.89 Å². The second-order valence-electron chi connectivity index (χ2n) is 13.6. The molecule has 2 fully saturated rings. The van der Waals surface area contributed by atoms with Crippen LogP contribution in [-0.4, -0.2) is 79.7 Å². The Bertz CT molecular complexity index is 1690. The van der Waals surface area contributed by atoms with Gasteiger partial charge in [-0.1, -0.05) is 30.3 Å². The highest BCUT2D eigenvalue weighted by molar-refractivity contribution is 7.09. The molecule has 5 atom stereocenters. The normalized spacial score (nSPS) is 21.6. The summed E-state index contributed by atoms with van der Waals surface area (Å²) >= 11 is 1.55. The molecule has 2 N–H and O–H groups in total. The number of carbonyl (C=O) groups is 2. The van der Waals surface area contributed by atoms with Crippen molar-refractivity contribution in [2.24, 2.45) is 0 Å². The zero-order valence-electron chi connectivity index (χ0n) is 27.2. The highest BCUT2D eigenvalue weighted by Crippen LogP contribution is 2.36. The van der Waals surface area contributed by atoms with Gasteiger partial charge in [-0.05, 0) is 77.1 Å². The van der Waals surface area contributed by atoms with Crippen LogP contribution in [0.3, 0.4) is 0 Å². The summed E-state index contributed by atoms with van der Waals surface area (Å²) in [4.78, 5) is 40.9. The van der Waals surface area contributed by atoms with Crippen LogP contribution < -0.4 is 5.32 Å². The van der Waals surface area contributed by atoms with Crippen LogP contribution in [0, 0.1) is 6.92 Å². The molecule has 9 nitrogen and oxygen atoms in total. The number of amides is 2. The first kappa shape index (κ1) is 33.0. The van der Waals surface area contributed by atoms with Crippen LogP contribution >= 0.6 is 11.3 Å². The monoisotopic (exact) mass is 659 g/mol. The number of thiazole rings is 1. The topological polar surface area (TPSA) is 112 Å². The van der Waals surface area contributed by atoms with E-state index >= 15 is 0 Å². The fraction of sp³-hybridized carbons (Fsp3) is 0.444. The summed E-state index contributed by atoms with van der Waals surface area (Å²) in [5.41, 5.74) is 2.53. The van der Waals surface area contributed by atoms with Crippen molar-refractivity contribution in [3.8, 4) is 11.5 Å². The number of nitrogens with one attached hydrogen (secondary N) is 1. The first-order chi connectivity index (χ1) is 22.5. The fourth-order valence-electron chi connectivity index (χ4n) is 6.88. The van der Waals surface area contributed by atoms with E-state index in [-0.39, 0.29) is 41.9 Å². The summed E-state index contributed by atoms with van der Waals surface area (Å²) in [6.07, 6.45) is 3.01. The summed E-state index contributed by atoms with van der Waals surface area (Å²) in [6.45, 7) is 8.75. The molecule has 0 aliphatic carbocycles. The number of alkyl halides is 1. The lowest BCUT2D eigenvalue weighted by atomic mass is 9.92. The molecule has 11 heteroatoms. The lowest BCUT2D eigenvalue weighted by molar-refractivity contribution is 0.00603. The second-order valence-corrected chi connectivity index (χ2v) is 14.5. The van der Waals surface area contributed by atoms with Gasteiger partial charge >= 0.3 is 0 Å². The van der Waals surface area contributed by atoms with Crippen LogP contribution in [0.25, 0.3) is 11.5 Å². The summed E-state index contributed by atoms with van der Waals surface area (Å²) in [5.74, 6) is -0.383. The number of hydrogen-bond donors (Lipinski definition) is 2. The first-order valence-corrected chi connectivity index (χ1v) is 17.1. The quantitative estimate of drug-likeness (QED) is 0.227. The fourth-order valence-corrected chi connectivity index (χ4v) is 7.82. The molecule has 2 amide bonds. The van der Waals surface area contributed by atoms with Crippen molar-refractivity contribution in [1.29, 1.82) is 0 Å². The molecule has 0 radical (unpaired) electrons. The van der Waals surface area contributed by atoms with Crippen LogP contribution in [0.2, 0.25) is 0 Å². The Kier molecular flexibility index (Phi) is 9.59. The Hall–Kier alpha value is -3.93. The van der Waals surface area contributed by atoms with E-state index in [1.165, 1.54) is 12.5 Å². The molecule has 4 heterocycles. The number of aliphatic hydroxyl groups excluding tert-OH is 1. The average molecular weight is 660 g/mol. The highest BCUT2D eigenvalue weighted by Gasteiger charge is 2.44. The third kappa shape index (κ3) is 7.32. The molecular weight excluding hydrogens is 617 g/mol. The van der Waals surface area contributed by atoms with Crippen LogP contribution in [0.5, 0.6) is 0 Å². The zero-order valence-corrected chi connectivity index (χ0v) is 28.0. The molecule has 0 saturated carbocycles. The van der Waals surface area contributed by atoms with E-state index in [0.717, 1.165) is 29.1 Å². The van der Waals surface area contributed by atoms with Crippen molar-refractivity contribution in [2.45, 2.75) is 89.3 Å². The minimum absolute atomic E-state index is 0.134. The third-order valence-electron chi connectivity index (χ3n) is 9.13. The molecule has 0 bridgehead atoms. The van der Waals surface area contributed by atoms with E-state index in [0.29, 0.717) is 24.1 Å². The molecule has 2 aliphatic rings. The molecule has 2 aliphatic heterocycles. The summed E-state index contributed by atoms with van der Waals surface area (Å²) in [6, 6.07) is 13.2. The van der Waals surface area contributed by atoms with Crippen molar-refractivity contribution in [1.82, 2.24) is 25.1 Å². The third-order valence-corrected chi connectivity index (χ3v) is 10.2. The van der Waals surface area contributed by atoms with Crippen LogP contribution in [0.1, 0.15) is 83.1 Å². The van der Waals surface area contributed by atoms with E-state index in [1.807, 2.05) is 73.2 Å². The van der Waals surface area contributed by atoms with Gasteiger partial charge in [0.25, 0.3) is 11.8 Å². The van der Waals surface area contributed by atoms with Crippen molar-refractivity contribution < 1.29 is 23.5 Å². The number of aromatic nitrogens is 2. The van der Waals surface area contributed by atoms with Gasteiger partial charge in [0.05, 0.1) is 24.4 Å². The molecule has 47 heavy (non-hydrogen) atoms. The summed E-state index contributed by atoms with van der Waals surface area (Å²) in [5, 5.41) is 17.8. The number of benzene rings is 2. The maximum atomic E-state index is 14.8. The molecule has 6 rings (SSSR count). The number of carbonyl (C=O) groups excluding carboxylic acids is 2. The number of nitrogens with zero attached hydrogens (tertiary/aromatic N) is 4. The van der Waals surface area contributed by atoms with E-state index < -0.39 is 30.3 Å². The lowest BCUT2D eigenvalue weighted by Crippen LogP contribution is -2.56. The molecular formula is C36H42FN5O4S. The standard InChI is InChI=1S/C36H42FN5O4S/c1-22-21-47-34(39-22)29-11-8-13-41(29)35(45)26-17-24(16-25(18-26)33-38-12-14-46-33)32(44)40-28(15-23-9-6-5-7-10-23)31(43)30-19-27(37)20-42(30)36(2,3)4/h5-7,9-10,12,14,16-18,21,27-31,43H,8,11,13,15,19-20H2,1-4H3,(H,40,44)/t27-,28-,29?,30+,31-/m0/s1. The van der Waals surface area contributed by atoms with Crippen molar-refractivity contribution in [2.75, 3.05) is 13.1 Å². The number of aryl methyl sites for hydroxylation is 1. The van der Waals surface area contributed by atoms with Gasteiger partial charge in [-0.2, -0.15) is 0 Å². The molecule has 2 saturated heterocycles. The largest absolute Gasteiger partial charge is 0.445 e. The van der Waals surface area contributed by atoms with Gasteiger partial charge < -0.3 is 19.7 Å². The molecule has 2 aromatic carbocycles. The van der Waals surface area contributed by atoms with Crippen LogP contribution in [-0.2, 0) is 6.42 Å².